The van der Waals surface area contributed by atoms with Crippen LogP contribution in [0.3, 0.4) is 0 Å². The van der Waals surface area contributed by atoms with Crippen molar-refractivity contribution in [2.45, 2.75) is 70.6 Å². The Morgan fingerprint density at radius 1 is 1.11 bits per heavy atom. The monoisotopic (exact) mass is 549 g/mol. The molecular formula is C29H34F3NO4S. The Balaban J connectivity index is 1.67. The van der Waals surface area contributed by atoms with Gasteiger partial charge < -0.3 is 15.2 Å². The number of carboxylic acid groups (broad SMARTS) is 1. The van der Waals surface area contributed by atoms with Gasteiger partial charge in [-0.2, -0.15) is 13.2 Å². The van der Waals surface area contributed by atoms with E-state index in [0.717, 1.165) is 48.1 Å². The molecule has 0 saturated heterocycles. The van der Waals surface area contributed by atoms with E-state index >= 15 is 0 Å². The van der Waals surface area contributed by atoms with Crippen LogP contribution in [0.5, 0.6) is 5.75 Å². The van der Waals surface area contributed by atoms with Crippen molar-refractivity contribution in [1.29, 1.82) is 0 Å². The Hall–Kier alpha value is -3.07. The van der Waals surface area contributed by atoms with E-state index in [0.29, 0.717) is 10.6 Å². The van der Waals surface area contributed by atoms with Gasteiger partial charge in [0.25, 0.3) is 5.91 Å². The number of alkyl halides is 3. The maximum absolute atomic E-state index is 12.9. The number of carbonyl (C=O) groups excluding carboxylic acids is 1. The second-order valence-electron chi connectivity index (χ2n) is 9.34. The number of rotatable bonds is 14. The first kappa shape index (κ1) is 29.5. The molecule has 0 bridgehead atoms. The molecule has 1 aromatic heterocycles. The number of unbranched alkanes of at least 4 members (excludes halogenated alkanes) is 4. The van der Waals surface area contributed by atoms with Gasteiger partial charge in [0.15, 0.2) is 0 Å². The summed E-state index contributed by atoms with van der Waals surface area (Å²) in [5.41, 5.74) is 1.57. The average Bonchev–Trinajstić information content (AvgIpc) is 3.38. The minimum absolute atomic E-state index is 0.0631. The standard InChI is InChI=1S/C29H34F3NO4S/c1-2-3-4-5-6-7-24(25-16-17-26(38-25)28(36)33-19-18-27(34)35)37-23-14-10-21(11-15-23)20-8-12-22(13-9-20)29(30,31)32/h8-12,14-17,22,24H,2-7,13,18-19H2,1H3,(H,33,36)(H,34,35). The van der Waals surface area contributed by atoms with Gasteiger partial charge in [-0.15, -0.1) is 11.3 Å². The van der Waals surface area contributed by atoms with E-state index in [1.54, 1.807) is 12.1 Å². The van der Waals surface area contributed by atoms with Crippen molar-refractivity contribution in [3.05, 3.63) is 69.9 Å². The third-order valence-corrected chi connectivity index (χ3v) is 7.52. The Morgan fingerprint density at radius 3 is 2.47 bits per heavy atom. The molecule has 2 aromatic rings. The third kappa shape index (κ3) is 9.04. The first-order valence-corrected chi connectivity index (χ1v) is 13.8. The second kappa shape index (κ2) is 14.2. The lowest BCUT2D eigenvalue weighted by molar-refractivity contribution is -0.160. The minimum Gasteiger partial charge on any atom is -0.485 e. The van der Waals surface area contributed by atoms with Gasteiger partial charge in [0.2, 0.25) is 0 Å². The Kier molecular flexibility index (Phi) is 11.0. The number of hydrogen-bond acceptors (Lipinski definition) is 4. The highest BCUT2D eigenvalue weighted by Gasteiger charge is 2.37. The van der Waals surface area contributed by atoms with Crippen LogP contribution in [0.1, 0.15) is 84.5 Å². The molecule has 2 atom stereocenters. The number of halogens is 3. The largest absolute Gasteiger partial charge is 0.485 e. The molecule has 0 aliphatic heterocycles. The van der Waals surface area contributed by atoms with E-state index in [-0.39, 0.29) is 31.4 Å². The van der Waals surface area contributed by atoms with Crippen molar-refractivity contribution in [3.8, 4) is 5.75 Å². The lowest BCUT2D eigenvalue weighted by Crippen LogP contribution is -2.25. The van der Waals surface area contributed by atoms with Crippen molar-refractivity contribution in [2.24, 2.45) is 5.92 Å². The highest BCUT2D eigenvalue weighted by Crippen LogP contribution is 2.36. The summed E-state index contributed by atoms with van der Waals surface area (Å²) in [5, 5.41) is 11.4. The summed E-state index contributed by atoms with van der Waals surface area (Å²) in [7, 11) is 0. The number of thiophene rings is 1. The Labute approximate surface area is 225 Å². The highest BCUT2D eigenvalue weighted by atomic mass is 32.1. The van der Waals surface area contributed by atoms with Crippen LogP contribution in [0.25, 0.3) is 5.57 Å². The molecule has 5 nitrogen and oxygen atoms in total. The summed E-state index contributed by atoms with van der Waals surface area (Å²) >= 11 is 1.33. The van der Waals surface area contributed by atoms with Gasteiger partial charge in [0, 0.05) is 11.4 Å². The number of hydrogen-bond donors (Lipinski definition) is 2. The number of allylic oxidation sites excluding steroid dienone is 4. The molecule has 1 aliphatic rings. The van der Waals surface area contributed by atoms with Crippen LogP contribution in [-0.4, -0.2) is 29.7 Å². The molecule has 0 radical (unpaired) electrons. The summed E-state index contributed by atoms with van der Waals surface area (Å²) in [6, 6.07) is 10.9. The van der Waals surface area contributed by atoms with Crippen LogP contribution >= 0.6 is 11.3 Å². The zero-order valence-corrected chi connectivity index (χ0v) is 22.2. The Morgan fingerprint density at radius 2 is 1.84 bits per heavy atom. The molecule has 206 valence electrons. The molecule has 0 fully saturated rings. The molecule has 3 rings (SSSR count). The first-order chi connectivity index (χ1) is 18.2. The molecular weight excluding hydrogens is 515 g/mol. The van der Waals surface area contributed by atoms with Gasteiger partial charge >= 0.3 is 12.1 Å². The first-order valence-electron chi connectivity index (χ1n) is 13.0. The molecule has 1 heterocycles. The van der Waals surface area contributed by atoms with Crippen molar-refractivity contribution in [1.82, 2.24) is 5.32 Å². The van der Waals surface area contributed by atoms with Gasteiger partial charge in [0.1, 0.15) is 11.9 Å². The van der Waals surface area contributed by atoms with E-state index in [1.165, 1.54) is 29.9 Å². The highest BCUT2D eigenvalue weighted by molar-refractivity contribution is 7.14. The molecule has 38 heavy (non-hydrogen) atoms. The summed E-state index contributed by atoms with van der Waals surface area (Å²) in [6.45, 7) is 2.23. The lowest BCUT2D eigenvalue weighted by atomic mass is 9.93. The third-order valence-electron chi connectivity index (χ3n) is 6.35. The number of benzene rings is 1. The molecule has 2 unspecified atom stereocenters. The number of aliphatic carboxylic acids is 1. The fourth-order valence-corrected chi connectivity index (χ4v) is 5.17. The van der Waals surface area contributed by atoms with Gasteiger partial charge in [0.05, 0.1) is 17.2 Å². The number of amides is 1. The number of nitrogens with one attached hydrogen (secondary N) is 1. The van der Waals surface area contributed by atoms with Crippen LogP contribution in [0, 0.1) is 5.92 Å². The van der Waals surface area contributed by atoms with E-state index in [1.807, 2.05) is 30.3 Å². The maximum atomic E-state index is 12.9. The van der Waals surface area contributed by atoms with Crippen molar-refractivity contribution in [3.63, 3.8) is 0 Å². The van der Waals surface area contributed by atoms with E-state index < -0.39 is 18.1 Å². The lowest BCUT2D eigenvalue weighted by Gasteiger charge is -2.20. The van der Waals surface area contributed by atoms with Gasteiger partial charge in [-0.25, -0.2) is 0 Å². The maximum Gasteiger partial charge on any atom is 0.395 e. The van der Waals surface area contributed by atoms with E-state index in [9.17, 15) is 22.8 Å². The second-order valence-corrected chi connectivity index (χ2v) is 10.5. The van der Waals surface area contributed by atoms with Gasteiger partial charge in [-0.1, -0.05) is 63.0 Å². The van der Waals surface area contributed by atoms with Crippen molar-refractivity contribution < 1.29 is 32.6 Å². The predicted octanol–water partition coefficient (Wildman–Crippen LogP) is 7.96. The van der Waals surface area contributed by atoms with Crippen molar-refractivity contribution >= 4 is 28.8 Å². The van der Waals surface area contributed by atoms with E-state index in [2.05, 4.69) is 12.2 Å². The molecule has 0 spiro atoms. The normalized spacial score (nSPS) is 16.1. The topological polar surface area (TPSA) is 75.6 Å². The van der Waals surface area contributed by atoms with E-state index in [4.69, 9.17) is 9.84 Å². The van der Waals surface area contributed by atoms with Crippen LogP contribution in [0.4, 0.5) is 13.2 Å². The van der Waals surface area contributed by atoms with Crippen LogP contribution < -0.4 is 10.1 Å². The fourth-order valence-electron chi connectivity index (χ4n) is 4.18. The summed E-state index contributed by atoms with van der Waals surface area (Å²) in [5.74, 6) is -2.08. The Bertz CT molecular complexity index is 1120. The van der Waals surface area contributed by atoms with Crippen LogP contribution in [0.15, 0.2) is 54.6 Å². The van der Waals surface area contributed by atoms with Gasteiger partial charge in [-0.05, 0) is 54.7 Å². The zero-order valence-electron chi connectivity index (χ0n) is 21.4. The number of carboxylic acids is 1. The molecule has 1 aliphatic carbocycles. The summed E-state index contributed by atoms with van der Waals surface area (Å²) in [4.78, 5) is 24.5. The molecule has 2 N–H and O–H groups in total. The summed E-state index contributed by atoms with van der Waals surface area (Å²) < 4.78 is 45.1. The smallest absolute Gasteiger partial charge is 0.395 e. The average molecular weight is 550 g/mol. The SMILES string of the molecule is CCCCCCCC(Oc1ccc(C2=CCC(C(F)(F)F)C=C2)cc1)c1ccc(C(=O)NCCC(=O)O)s1. The summed E-state index contributed by atoms with van der Waals surface area (Å²) in [6.07, 6.45) is 5.96. The van der Waals surface area contributed by atoms with Crippen LogP contribution in [0.2, 0.25) is 0 Å². The quantitative estimate of drug-likeness (QED) is 0.235. The van der Waals surface area contributed by atoms with Gasteiger partial charge in [-0.3, -0.25) is 9.59 Å². The van der Waals surface area contributed by atoms with Crippen molar-refractivity contribution in [2.75, 3.05) is 6.54 Å². The molecule has 1 aromatic carbocycles. The molecule has 0 saturated carbocycles. The molecule has 9 heteroatoms. The predicted molar refractivity (Wildman–Crippen MR) is 143 cm³/mol. The number of ether oxygens (including phenoxy) is 1. The molecule has 1 amide bonds. The minimum atomic E-state index is -4.23. The number of carbonyl (C=O) groups is 2. The fraction of sp³-hybridized carbons (Fsp3) is 0.448. The zero-order chi connectivity index (χ0) is 27.5. The van der Waals surface area contributed by atoms with Crippen LogP contribution in [-0.2, 0) is 4.79 Å².